The molecule has 0 aliphatic carbocycles. The number of hydrogen-bond acceptors (Lipinski definition) is 4. The van der Waals surface area contributed by atoms with E-state index in [9.17, 15) is 8.78 Å². The summed E-state index contributed by atoms with van der Waals surface area (Å²) in [5, 5.41) is 7.21. The molecule has 1 aromatic heterocycles. The molecule has 20 heavy (non-hydrogen) atoms. The number of benzene rings is 1. The zero-order valence-corrected chi connectivity index (χ0v) is 10.9. The maximum absolute atomic E-state index is 13.2. The third-order valence-corrected chi connectivity index (χ3v) is 3.45. The highest BCUT2D eigenvalue weighted by atomic mass is 19.1. The monoisotopic (exact) mass is 279 g/mol. The van der Waals surface area contributed by atoms with Gasteiger partial charge in [0.2, 0.25) is 0 Å². The molecule has 1 saturated heterocycles. The van der Waals surface area contributed by atoms with Gasteiger partial charge in [-0.3, -0.25) is 0 Å². The quantitative estimate of drug-likeness (QED) is 0.938. The van der Waals surface area contributed by atoms with Crippen LogP contribution in [0.2, 0.25) is 0 Å². The van der Waals surface area contributed by atoms with E-state index >= 15 is 0 Å². The Kier molecular flexibility index (Phi) is 3.73. The van der Waals surface area contributed by atoms with E-state index < -0.39 is 11.6 Å². The zero-order chi connectivity index (χ0) is 13.9. The molecule has 2 aromatic rings. The fourth-order valence-corrected chi connectivity index (χ4v) is 2.49. The Balaban J connectivity index is 1.75. The van der Waals surface area contributed by atoms with E-state index in [1.165, 1.54) is 12.1 Å². The first-order valence-corrected chi connectivity index (χ1v) is 6.70. The molecule has 4 nitrogen and oxygen atoms in total. The van der Waals surface area contributed by atoms with Gasteiger partial charge in [-0.05, 0) is 44.0 Å². The lowest BCUT2D eigenvalue weighted by molar-refractivity contribution is 0.360. The highest BCUT2D eigenvalue weighted by Crippen LogP contribution is 2.21. The number of nitrogens with zero attached hydrogens (tertiary/aromatic N) is 2. The number of nitrogens with one attached hydrogen (secondary N) is 1. The van der Waals surface area contributed by atoms with Gasteiger partial charge in [0.05, 0.1) is 0 Å². The Bertz CT molecular complexity index is 574. The summed E-state index contributed by atoms with van der Waals surface area (Å²) in [6.07, 6.45) is 2.99. The Hall–Kier alpha value is -1.82. The maximum atomic E-state index is 13.2. The van der Waals surface area contributed by atoms with E-state index in [4.69, 9.17) is 4.52 Å². The van der Waals surface area contributed by atoms with Gasteiger partial charge in [0.25, 0.3) is 5.89 Å². The second-order valence-corrected chi connectivity index (χ2v) is 5.09. The van der Waals surface area contributed by atoms with Gasteiger partial charge in [0.15, 0.2) is 5.82 Å². The van der Waals surface area contributed by atoms with Crippen LogP contribution in [0.4, 0.5) is 8.78 Å². The van der Waals surface area contributed by atoms with Crippen molar-refractivity contribution in [3.05, 3.63) is 35.7 Å². The summed E-state index contributed by atoms with van der Waals surface area (Å²) < 4.78 is 31.4. The maximum Gasteiger partial charge on any atom is 0.258 e. The van der Waals surface area contributed by atoms with Crippen LogP contribution < -0.4 is 5.32 Å². The largest absolute Gasteiger partial charge is 0.334 e. The van der Waals surface area contributed by atoms with E-state index in [1.807, 2.05) is 0 Å². The molecular weight excluding hydrogens is 264 g/mol. The van der Waals surface area contributed by atoms with E-state index in [0.29, 0.717) is 18.2 Å². The van der Waals surface area contributed by atoms with Crippen LogP contribution in [0.3, 0.4) is 0 Å². The van der Waals surface area contributed by atoms with Gasteiger partial charge in [-0.15, -0.1) is 0 Å². The number of halogens is 2. The first-order chi connectivity index (χ1) is 9.70. The van der Waals surface area contributed by atoms with E-state index in [2.05, 4.69) is 15.5 Å². The summed E-state index contributed by atoms with van der Waals surface area (Å²) in [5.74, 6) is -0.0913. The van der Waals surface area contributed by atoms with Gasteiger partial charge < -0.3 is 9.84 Å². The highest BCUT2D eigenvalue weighted by molar-refractivity contribution is 5.52. The van der Waals surface area contributed by atoms with Crippen molar-refractivity contribution < 1.29 is 13.3 Å². The average Bonchev–Trinajstić information content (AvgIpc) is 2.87. The fraction of sp³-hybridized carbons (Fsp3) is 0.429. The fourth-order valence-electron chi connectivity index (χ4n) is 2.49. The van der Waals surface area contributed by atoms with Crippen molar-refractivity contribution in [3.8, 4) is 11.5 Å². The lowest BCUT2D eigenvalue weighted by atomic mass is 9.96. The molecule has 1 unspecified atom stereocenters. The second-order valence-electron chi connectivity index (χ2n) is 5.09. The van der Waals surface area contributed by atoms with Gasteiger partial charge in [0.1, 0.15) is 11.6 Å². The summed E-state index contributed by atoms with van der Waals surface area (Å²) in [5.41, 5.74) is 0.267. The minimum Gasteiger partial charge on any atom is -0.334 e. The first kappa shape index (κ1) is 13.2. The zero-order valence-electron chi connectivity index (χ0n) is 10.9. The predicted molar refractivity (Wildman–Crippen MR) is 68.9 cm³/mol. The lowest BCUT2D eigenvalue weighted by Crippen LogP contribution is -2.31. The Morgan fingerprint density at radius 1 is 1.25 bits per heavy atom. The van der Waals surface area contributed by atoms with Gasteiger partial charge in [-0.1, -0.05) is 5.16 Å². The van der Waals surface area contributed by atoms with Crippen molar-refractivity contribution in [1.82, 2.24) is 15.5 Å². The molecule has 1 aliphatic rings. The van der Waals surface area contributed by atoms with Crippen molar-refractivity contribution in [2.45, 2.75) is 19.3 Å². The first-order valence-electron chi connectivity index (χ1n) is 6.70. The molecule has 0 spiro atoms. The topological polar surface area (TPSA) is 51.0 Å². The van der Waals surface area contributed by atoms with Crippen LogP contribution in [-0.4, -0.2) is 23.2 Å². The second kappa shape index (κ2) is 5.66. The van der Waals surface area contributed by atoms with Gasteiger partial charge in [-0.25, -0.2) is 8.78 Å². The predicted octanol–water partition coefficient (Wildman–Crippen LogP) is 2.56. The Morgan fingerprint density at radius 2 is 2.05 bits per heavy atom. The standard InChI is InChI=1S/C14H15F2N3O/c15-11-5-10(6-12(16)7-11)14-18-13(19-20-14)4-9-2-1-3-17-8-9/h5-7,9,17H,1-4,8H2. The Morgan fingerprint density at radius 3 is 2.75 bits per heavy atom. The molecule has 0 bridgehead atoms. The summed E-state index contributed by atoms with van der Waals surface area (Å²) in [6.45, 7) is 2.00. The summed E-state index contributed by atoms with van der Waals surface area (Å²) in [6, 6.07) is 3.18. The molecular formula is C14H15F2N3O. The van der Waals surface area contributed by atoms with Crippen LogP contribution in [0.15, 0.2) is 22.7 Å². The molecule has 6 heteroatoms. The van der Waals surface area contributed by atoms with Crippen molar-refractivity contribution in [2.75, 3.05) is 13.1 Å². The minimum absolute atomic E-state index is 0.155. The van der Waals surface area contributed by atoms with Crippen LogP contribution >= 0.6 is 0 Å². The van der Waals surface area contributed by atoms with Crippen molar-refractivity contribution >= 4 is 0 Å². The van der Waals surface area contributed by atoms with Gasteiger partial charge in [0, 0.05) is 18.1 Å². The molecule has 0 radical (unpaired) electrons. The molecule has 0 amide bonds. The molecule has 0 saturated carbocycles. The third-order valence-electron chi connectivity index (χ3n) is 3.45. The van der Waals surface area contributed by atoms with Crippen LogP contribution in [0.25, 0.3) is 11.5 Å². The number of hydrogen-bond donors (Lipinski definition) is 1. The third kappa shape index (κ3) is 3.01. The normalized spacial score (nSPS) is 19.2. The molecule has 1 N–H and O–H groups in total. The van der Waals surface area contributed by atoms with Gasteiger partial charge >= 0.3 is 0 Å². The van der Waals surface area contributed by atoms with Crippen LogP contribution in [0.1, 0.15) is 18.7 Å². The summed E-state index contributed by atoms with van der Waals surface area (Å²) >= 11 is 0. The molecule has 1 atom stereocenters. The van der Waals surface area contributed by atoms with Crippen LogP contribution in [0, 0.1) is 17.6 Å². The summed E-state index contributed by atoms with van der Waals surface area (Å²) in [4.78, 5) is 4.22. The molecule has 1 aliphatic heterocycles. The van der Waals surface area contributed by atoms with E-state index in [-0.39, 0.29) is 11.5 Å². The molecule has 1 aromatic carbocycles. The van der Waals surface area contributed by atoms with Crippen molar-refractivity contribution in [2.24, 2.45) is 5.92 Å². The number of aromatic nitrogens is 2. The van der Waals surface area contributed by atoms with Crippen LogP contribution in [-0.2, 0) is 6.42 Å². The number of rotatable bonds is 3. The highest BCUT2D eigenvalue weighted by Gasteiger charge is 2.18. The smallest absolute Gasteiger partial charge is 0.258 e. The average molecular weight is 279 g/mol. The summed E-state index contributed by atoms with van der Waals surface area (Å²) in [7, 11) is 0. The van der Waals surface area contributed by atoms with Crippen LogP contribution in [0.5, 0.6) is 0 Å². The van der Waals surface area contributed by atoms with E-state index in [0.717, 1.165) is 32.0 Å². The Labute approximate surface area is 115 Å². The van der Waals surface area contributed by atoms with Crippen molar-refractivity contribution in [1.29, 1.82) is 0 Å². The SMILES string of the molecule is Fc1cc(F)cc(-c2nc(CC3CCCNC3)no2)c1. The van der Waals surface area contributed by atoms with Gasteiger partial charge in [-0.2, -0.15) is 4.98 Å². The minimum atomic E-state index is -0.656. The lowest BCUT2D eigenvalue weighted by Gasteiger charge is -2.20. The molecule has 1 fully saturated rings. The molecule has 2 heterocycles. The van der Waals surface area contributed by atoms with E-state index in [1.54, 1.807) is 0 Å². The number of piperidine rings is 1. The molecule has 3 rings (SSSR count). The van der Waals surface area contributed by atoms with Crippen molar-refractivity contribution in [3.63, 3.8) is 0 Å². The molecule has 106 valence electrons.